The number of benzene rings is 2. The Balaban J connectivity index is 1.65. The Bertz CT molecular complexity index is 942. The van der Waals surface area contributed by atoms with E-state index in [2.05, 4.69) is 5.10 Å². The van der Waals surface area contributed by atoms with Gasteiger partial charge in [-0.2, -0.15) is 5.10 Å². The van der Waals surface area contributed by atoms with Crippen LogP contribution in [0.15, 0.2) is 60.6 Å². The quantitative estimate of drug-likeness (QED) is 0.582. The molecule has 1 heterocycles. The van der Waals surface area contributed by atoms with Crippen LogP contribution in [0.5, 0.6) is 5.75 Å². The van der Waals surface area contributed by atoms with Crippen molar-refractivity contribution in [3.63, 3.8) is 0 Å². The number of Topliss-reactive ketones (excluding diaryl/α,β-unsaturated/α-hetero) is 1. The summed E-state index contributed by atoms with van der Waals surface area (Å²) in [7, 11) is 1.89. The number of aromatic nitrogens is 2. The average Bonchev–Trinajstić information content (AvgIpc) is 3.03. The Morgan fingerprint density at radius 2 is 2.00 bits per heavy atom. The fraction of sp³-hybridized carbons (Fsp3) is 0.238. The van der Waals surface area contributed by atoms with Crippen LogP contribution in [0.1, 0.15) is 29.3 Å². The van der Waals surface area contributed by atoms with Crippen molar-refractivity contribution in [1.82, 2.24) is 9.78 Å². The second-order valence-corrected chi connectivity index (χ2v) is 6.20. The number of nitrogens with zero attached hydrogens (tertiary/aromatic N) is 2. The summed E-state index contributed by atoms with van der Waals surface area (Å²) in [5, 5.41) is 5.24. The minimum Gasteiger partial charge on any atom is -0.489 e. The molecular formula is C21H21FN2O2. The predicted octanol–water partition coefficient (Wildman–Crippen LogP) is 4.64. The minimum atomic E-state index is 0.0395. The highest BCUT2D eigenvalue weighted by Gasteiger charge is 2.09. The van der Waals surface area contributed by atoms with Crippen molar-refractivity contribution in [2.24, 2.45) is 7.05 Å². The predicted molar refractivity (Wildman–Crippen MR) is 100 cm³/mol. The van der Waals surface area contributed by atoms with Gasteiger partial charge in [0.05, 0.1) is 18.0 Å². The topological polar surface area (TPSA) is 44.1 Å². The Labute approximate surface area is 151 Å². The van der Waals surface area contributed by atoms with Crippen molar-refractivity contribution < 1.29 is 13.9 Å². The van der Waals surface area contributed by atoms with Crippen LogP contribution in [-0.2, 0) is 13.5 Å². The number of ketones is 1. The molecule has 0 aliphatic heterocycles. The number of halogens is 1. The molecule has 0 atom stereocenters. The number of rotatable bonds is 7. The monoisotopic (exact) mass is 352 g/mol. The minimum absolute atomic E-state index is 0.0395. The second kappa shape index (κ2) is 7.95. The van der Waals surface area contributed by atoms with E-state index in [0.29, 0.717) is 36.1 Å². The Morgan fingerprint density at radius 1 is 1.23 bits per heavy atom. The lowest BCUT2D eigenvalue weighted by molar-refractivity contribution is 0.0993. The van der Waals surface area contributed by atoms with Crippen molar-refractivity contribution in [2.75, 3.05) is 6.61 Å². The molecule has 0 fully saturated rings. The molecule has 0 unspecified atom stereocenters. The Morgan fingerprint density at radius 3 is 2.69 bits per heavy atom. The molecule has 0 saturated carbocycles. The molecule has 5 heteroatoms. The van der Waals surface area contributed by atoms with E-state index in [4.69, 9.17) is 4.74 Å². The molecule has 3 aromatic rings. The lowest BCUT2D eigenvalue weighted by atomic mass is 10.0. The van der Waals surface area contributed by atoms with E-state index < -0.39 is 0 Å². The molecule has 134 valence electrons. The Kier molecular flexibility index (Phi) is 5.46. The molecule has 0 spiro atoms. The molecule has 0 bridgehead atoms. The van der Waals surface area contributed by atoms with Crippen LogP contribution in [0.2, 0.25) is 0 Å². The lowest BCUT2D eigenvalue weighted by Crippen LogP contribution is -2.04. The molecule has 0 saturated heterocycles. The van der Waals surface area contributed by atoms with E-state index >= 15 is 0 Å². The zero-order valence-electron chi connectivity index (χ0n) is 14.9. The van der Waals surface area contributed by atoms with E-state index in [1.54, 1.807) is 30.5 Å². The zero-order chi connectivity index (χ0) is 18.5. The van der Waals surface area contributed by atoms with Crippen molar-refractivity contribution in [3.05, 3.63) is 71.7 Å². The van der Waals surface area contributed by atoms with E-state index in [1.807, 2.05) is 36.9 Å². The summed E-state index contributed by atoms with van der Waals surface area (Å²) < 4.78 is 19.9. The number of aryl methyl sites for hydroxylation is 1. The van der Waals surface area contributed by atoms with Crippen molar-refractivity contribution >= 4 is 16.7 Å². The van der Waals surface area contributed by atoms with Gasteiger partial charge in [-0.1, -0.05) is 13.0 Å². The summed E-state index contributed by atoms with van der Waals surface area (Å²) in [5.74, 6) is 0.656. The number of fused-ring (bicyclic) bond motifs is 1. The normalized spacial score (nSPS) is 11.7. The largest absolute Gasteiger partial charge is 0.489 e. The first-order valence-electron chi connectivity index (χ1n) is 8.55. The smallest absolute Gasteiger partial charge is 0.167 e. The first-order valence-corrected chi connectivity index (χ1v) is 8.55. The van der Waals surface area contributed by atoms with Gasteiger partial charge in [0.2, 0.25) is 0 Å². The van der Waals surface area contributed by atoms with E-state index in [0.717, 1.165) is 16.5 Å². The number of carbonyl (C=O) groups excluding carboxylic acids is 1. The number of carbonyl (C=O) groups is 1. The zero-order valence-corrected chi connectivity index (χ0v) is 14.9. The summed E-state index contributed by atoms with van der Waals surface area (Å²) in [6, 6.07) is 12.9. The van der Waals surface area contributed by atoms with Crippen LogP contribution in [0.4, 0.5) is 4.39 Å². The van der Waals surface area contributed by atoms with Gasteiger partial charge in [-0.05, 0) is 54.0 Å². The fourth-order valence-electron chi connectivity index (χ4n) is 2.73. The third-order valence-corrected chi connectivity index (χ3v) is 4.38. The summed E-state index contributed by atoms with van der Waals surface area (Å²) in [6.07, 6.45) is 3.31. The lowest BCUT2D eigenvalue weighted by Gasteiger charge is -2.08. The van der Waals surface area contributed by atoms with Crippen molar-refractivity contribution in [3.8, 4) is 5.75 Å². The maximum Gasteiger partial charge on any atom is 0.167 e. The van der Waals surface area contributed by atoms with E-state index in [-0.39, 0.29) is 12.4 Å². The van der Waals surface area contributed by atoms with Gasteiger partial charge in [0.1, 0.15) is 12.4 Å². The van der Waals surface area contributed by atoms with Gasteiger partial charge < -0.3 is 4.74 Å². The van der Waals surface area contributed by atoms with Gasteiger partial charge in [-0.3, -0.25) is 9.48 Å². The Hall–Kier alpha value is -2.95. The molecule has 0 radical (unpaired) electrons. The number of hydrogen-bond donors (Lipinski definition) is 0. The third-order valence-electron chi connectivity index (χ3n) is 4.38. The molecule has 0 N–H and O–H groups in total. The molecule has 3 rings (SSSR count). The SMILES string of the molecule is CCC(=CF)COc1ccc(C(=O)Cc2ccc3c(cnn3C)c2)cc1. The maximum atomic E-state index is 12.5. The van der Waals surface area contributed by atoms with Crippen molar-refractivity contribution in [2.45, 2.75) is 19.8 Å². The van der Waals surface area contributed by atoms with Crippen LogP contribution < -0.4 is 4.74 Å². The second-order valence-electron chi connectivity index (χ2n) is 6.20. The van der Waals surface area contributed by atoms with Gasteiger partial charge in [0.25, 0.3) is 0 Å². The molecule has 0 aliphatic rings. The molecule has 4 nitrogen and oxygen atoms in total. The molecule has 26 heavy (non-hydrogen) atoms. The standard InChI is InChI=1S/C21H21FN2O2/c1-3-15(12-22)14-26-19-7-5-17(6-8-19)21(25)11-16-4-9-20-18(10-16)13-23-24(20)2/h4-10,12-13H,3,11,14H2,1-2H3. The summed E-state index contributed by atoms with van der Waals surface area (Å²) in [5.41, 5.74) is 3.21. The highest BCUT2D eigenvalue weighted by Crippen LogP contribution is 2.18. The molecule has 0 aliphatic carbocycles. The van der Waals surface area contributed by atoms with Crippen LogP contribution in [0.25, 0.3) is 10.9 Å². The van der Waals surface area contributed by atoms with Crippen LogP contribution in [0.3, 0.4) is 0 Å². The molecule has 1 aromatic heterocycles. The van der Waals surface area contributed by atoms with Crippen LogP contribution in [-0.4, -0.2) is 22.2 Å². The summed E-state index contributed by atoms with van der Waals surface area (Å²) in [6.45, 7) is 2.09. The fourth-order valence-corrected chi connectivity index (χ4v) is 2.73. The molecule has 0 amide bonds. The maximum absolute atomic E-state index is 12.5. The highest BCUT2D eigenvalue weighted by atomic mass is 19.1. The summed E-state index contributed by atoms with van der Waals surface area (Å²) in [4.78, 5) is 12.5. The third kappa shape index (κ3) is 3.99. The molecule has 2 aromatic carbocycles. The molecular weight excluding hydrogens is 331 g/mol. The van der Waals surface area contributed by atoms with Gasteiger partial charge in [-0.25, -0.2) is 4.39 Å². The van der Waals surface area contributed by atoms with E-state index in [9.17, 15) is 9.18 Å². The number of ether oxygens (including phenoxy) is 1. The van der Waals surface area contributed by atoms with Gasteiger partial charge in [0, 0.05) is 24.4 Å². The van der Waals surface area contributed by atoms with Crippen LogP contribution >= 0.6 is 0 Å². The van der Waals surface area contributed by atoms with E-state index in [1.165, 1.54) is 0 Å². The van der Waals surface area contributed by atoms with Gasteiger partial charge in [0.15, 0.2) is 5.78 Å². The van der Waals surface area contributed by atoms with Crippen molar-refractivity contribution in [1.29, 1.82) is 0 Å². The average molecular weight is 352 g/mol. The van der Waals surface area contributed by atoms with Gasteiger partial charge >= 0.3 is 0 Å². The highest BCUT2D eigenvalue weighted by molar-refractivity contribution is 5.98. The van der Waals surface area contributed by atoms with Gasteiger partial charge in [-0.15, -0.1) is 0 Å². The summed E-state index contributed by atoms with van der Waals surface area (Å²) >= 11 is 0. The number of hydrogen-bond acceptors (Lipinski definition) is 3. The first kappa shape index (κ1) is 17.9. The van der Waals surface area contributed by atoms with Crippen LogP contribution in [0, 0.1) is 0 Å². The first-order chi connectivity index (χ1) is 12.6.